The summed E-state index contributed by atoms with van der Waals surface area (Å²) in [5.41, 5.74) is 5.69. The predicted octanol–water partition coefficient (Wildman–Crippen LogP) is 1.46. The molecule has 0 unspecified atom stereocenters. The quantitative estimate of drug-likeness (QED) is 0.552. The van der Waals surface area contributed by atoms with E-state index >= 15 is 0 Å². The van der Waals surface area contributed by atoms with Gasteiger partial charge in [-0.25, -0.2) is 0 Å². The van der Waals surface area contributed by atoms with E-state index in [0.717, 1.165) is 0 Å². The summed E-state index contributed by atoms with van der Waals surface area (Å²) in [5.74, 6) is -0.324. The molecule has 0 heterocycles. The first-order chi connectivity index (χ1) is 4.39. The zero-order chi connectivity index (χ0) is 8.36. The van der Waals surface area contributed by atoms with Crippen molar-refractivity contribution in [3.05, 3.63) is 11.6 Å². The summed E-state index contributed by atoms with van der Waals surface area (Å²) >= 11 is 0. The molecule has 2 nitrogen and oxygen atoms in total. The first kappa shape index (κ1) is 9.21. The molecule has 0 aromatic rings. The molecule has 0 saturated heterocycles. The smallest absolute Gasteiger partial charge is 0.244 e. The maximum absolute atomic E-state index is 10.7. The number of allylic oxidation sites excluding steroid dienone is 1. The van der Waals surface area contributed by atoms with Crippen molar-refractivity contribution in [2.45, 2.75) is 27.7 Å². The van der Waals surface area contributed by atoms with Crippen molar-refractivity contribution in [2.24, 2.45) is 11.1 Å². The van der Waals surface area contributed by atoms with Gasteiger partial charge in [0, 0.05) is 5.57 Å². The predicted molar refractivity (Wildman–Crippen MR) is 42.4 cm³/mol. The van der Waals surface area contributed by atoms with Crippen LogP contribution in [0.3, 0.4) is 0 Å². The van der Waals surface area contributed by atoms with Crippen molar-refractivity contribution in [2.75, 3.05) is 0 Å². The van der Waals surface area contributed by atoms with Gasteiger partial charge in [-0.3, -0.25) is 4.79 Å². The van der Waals surface area contributed by atoms with E-state index in [1.54, 1.807) is 6.08 Å². The van der Waals surface area contributed by atoms with Crippen LogP contribution >= 0.6 is 0 Å². The summed E-state index contributed by atoms with van der Waals surface area (Å²) in [6, 6.07) is 0. The van der Waals surface area contributed by atoms with E-state index in [9.17, 15) is 4.79 Å². The van der Waals surface area contributed by atoms with Crippen LogP contribution < -0.4 is 5.73 Å². The van der Waals surface area contributed by atoms with Crippen molar-refractivity contribution in [1.82, 2.24) is 0 Å². The van der Waals surface area contributed by atoms with Crippen molar-refractivity contribution >= 4 is 5.91 Å². The maximum atomic E-state index is 10.7. The molecule has 0 aromatic heterocycles. The van der Waals surface area contributed by atoms with Gasteiger partial charge < -0.3 is 5.73 Å². The van der Waals surface area contributed by atoms with E-state index in [2.05, 4.69) is 0 Å². The van der Waals surface area contributed by atoms with Gasteiger partial charge in [-0.15, -0.1) is 0 Å². The molecule has 58 valence electrons. The Bertz CT molecular complexity index is 163. The minimum absolute atomic E-state index is 0.124. The lowest BCUT2D eigenvalue weighted by atomic mass is 9.86. The zero-order valence-electron chi connectivity index (χ0n) is 7.06. The van der Waals surface area contributed by atoms with Gasteiger partial charge in [0.25, 0.3) is 0 Å². The number of hydrogen-bond donors (Lipinski definition) is 1. The number of primary amides is 1. The fourth-order valence-corrected chi connectivity index (χ4v) is 0.945. The Balaban J connectivity index is 4.56. The molecule has 0 aliphatic carbocycles. The molecule has 0 aliphatic rings. The van der Waals surface area contributed by atoms with Crippen molar-refractivity contribution < 1.29 is 4.79 Å². The second-order valence-corrected chi connectivity index (χ2v) is 3.32. The Labute approximate surface area is 62.1 Å². The fourth-order valence-electron chi connectivity index (χ4n) is 0.945. The topological polar surface area (TPSA) is 43.1 Å². The van der Waals surface area contributed by atoms with Gasteiger partial charge in [0.1, 0.15) is 0 Å². The Hall–Kier alpha value is -0.790. The molecule has 0 fully saturated rings. The average molecular weight is 141 g/mol. The summed E-state index contributed by atoms with van der Waals surface area (Å²) in [7, 11) is 0. The van der Waals surface area contributed by atoms with Gasteiger partial charge in [-0.1, -0.05) is 26.8 Å². The standard InChI is InChI=1S/C8H15NO/c1-5-6(7(9)10)8(2,3)4/h5H,1-4H3,(H2,9,10)/b6-5-. The molecule has 0 radical (unpaired) electrons. The summed E-state index contributed by atoms with van der Waals surface area (Å²) in [6.45, 7) is 7.72. The van der Waals surface area contributed by atoms with Crippen molar-refractivity contribution in [1.29, 1.82) is 0 Å². The molecule has 0 aliphatic heterocycles. The Kier molecular flexibility index (Phi) is 2.64. The van der Waals surface area contributed by atoms with Crippen LogP contribution in [0.4, 0.5) is 0 Å². The highest BCUT2D eigenvalue weighted by atomic mass is 16.1. The summed E-state index contributed by atoms with van der Waals surface area (Å²) in [6.07, 6.45) is 1.77. The Morgan fingerprint density at radius 2 is 1.80 bits per heavy atom. The minimum atomic E-state index is -0.324. The number of hydrogen-bond acceptors (Lipinski definition) is 1. The lowest BCUT2D eigenvalue weighted by molar-refractivity contribution is -0.115. The van der Waals surface area contributed by atoms with E-state index in [1.807, 2.05) is 27.7 Å². The third-order valence-corrected chi connectivity index (χ3v) is 1.36. The normalized spacial score (nSPS) is 13.4. The molecule has 10 heavy (non-hydrogen) atoms. The molecule has 0 saturated carbocycles. The maximum Gasteiger partial charge on any atom is 0.244 e. The van der Waals surface area contributed by atoms with Gasteiger partial charge in [0.15, 0.2) is 0 Å². The first-order valence-electron chi connectivity index (χ1n) is 3.36. The lowest BCUT2D eigenvalue weighted by Gasteiger charge is -2.19. The first-order valence-corrected chi connectivity index (χ1v) is 3.36. The molecule has 0 atom stereocenters. The van der Waals surface area contributed by atoms with Gasteiger partial charge in [0.2, 0.25) is 5.91 Å². The monoisotopic (exact) mass is 141 g/mol. The molecule has 2 heteroatoms. The SMILES string of the molecule is C/C=C(/C(N)=O)C(C)(C)C. The van der Waals surface area contributed by atoms with Crippen molar-refractivity contribution in [3.8, 4) is 0 Å². The third kappa shape index (κ3) is 2.21. The second kappa shape index (κ2) is 2.86. The van der Waals surface area contributed by atoms with E-state index in [-0.39, 0.29) is 11.3 Å². The molecule has 0 bridgehead atoms. The summed E-state index contributed by atoms with van der Waals surface area (Å²) in [4.78, 5) is 10.7. The number of nitrogens with two attached hydrogens (primary N) is 1. The average Bonchev–Trinajstić information content (AvgIpc) is 1.60. The van der Waals surface area contributed by atoms with E-state index in [1.165, 1.54) is 0 Å². The molecule has 1 amide bonds. The summed E-state index contributed by atoms with van der Waals surface area (Å²) in [5, 5.41) is 0. The fraction of sp³-hybridized carbons (Fsp3) is 0.625. The van der Waals surface area contributed by atoms with Gasteiger partial charge in [-0.05, 0) is 12.3 Å². The zero-order valence-corrected chi connectivity index (χ0v) is 7.06. The number of carbonyl (C=O) groups excluding carboxylic acids is 1. The van der Waals surface area contributed by atoms with E-state index in [4.69, 9.17) is 5.73 Å². The van der Waals surface area contributed by atoms with Crippen LogP contribution in [0.2, 0.25) is 0 Å². The molecule has 2 N–H and O–H groups in total. The van der Waals surface area contributed by atoms with Crippen LogP contribution in [0.5, 0.6) is 0 Å². The minimum Gasteiger partial charge on any atom is -0.366 e. The number of amides is 1. The summed E-state index contributed by atoms with van der Waals surface area (Å²) < 4.78 is 0. The molecule has 0 spiro atoms. The molecular weight excluding hydrogens is 126 g/mol. The number of rotatable bonds is 1. The van der Waals surface area contributed by atoms with Crippen LogP contribution in [0, 0.1) is 5.41 Å². The van der Waals surface area contributed by atoms with Crippen LogP contribution in [-0.2, 0) is 4.79 Å². The largest absolute Gasteiger partial charge is 0.366 e. The molecule has 0 rings (SSSR count). The van der Waals surface area contributed by atoms with E-state index < -0.39 is 0 Å². The highest BCUT2D eigenvalue weighted by molar-refractivity contribution is 5.92. The van der Waals surface area contributed by atoms with Gasteiger partial charge in [-0.2, -0.15) is 0 Å². The Morgan fingerprint density at radius 1 is 1.40 bits per heavy atom. The van der Waals surface area contributed by atoms with E-state index in [0.29, 0.717) is 5.57 Å². The highest BCUT2D eigenvalue weighted by Gasteiger charge is 2.19. The number of carbonyl (C=O) groups is 1. The van der Waals surface area contributed by atoms with Crippen LogP contribution in [0.1, 0.15) is 27.7 Å². The molecular formula is C8H15NO. The van der Waals surface area contributed by atoms with Crippen LogP contribution in [0.25, 0.3) is 0 Å². The third-order valence-electron chi connectivity index (χ3n) is 1.36. The molecule has 0 aromatic carbocycles. The second-order valence-electron chi connectivity index (χ2n) is 3.32. The lowest BCUT2D eigenvalue weighted by Crippen LogP contribution is -2.24. The highest BCUT2D eigenvalue weighted by Crippen LogP contribution is 2.23. The van der Waals surface area contributed by atoms with Gasteiger partial charge in [0.05, 0.1) is 0 Å². The van der Waals surface area contributed by atoms with Crippen LogP contribution in [0.15, 0.2) is 11.6 Å². The Morgan fingerprint density at radius 3 is 1.80 bits per heavy atom. The van der Waals surface area contributed by atoms with Crippen LogP contribution in [-0.4, -0.2) is 5.91 Å². The van der Waals surface area contributed by atoms with Crippen molar-refractivity contribution in [3.63, 3.8) is 0 Å². The van der Waals surface area contributed by atoms with Gasteiger partial charge >= 0.3 is 0 Å².